The van der Waals surface area contributed by atoms with E-state index in [4.69, 9.17) is 0 Å². The van der Waals surface area contributed by atoms with Gasteiger partial charge in [-0.25, -0.2) is 4.39 Å². The Morgan fingerprint density at radius 1 is 1.53 bits per heavy atom. The number of hydrogen-bond acceptors (Lipinski definition) is 1. The van der Waals surface area contributed by atoms with Crippen LogP contribution in [0.2, 0.25) is 0 Å². The number of amides is 1. The number of rotatable bonds is 4. The first-order valence-corrected chi connectivity index (χ1v) is 5.67. The normalized spacial score (nSPS) is 10.1. The quantitative estimate of drug-likeness (QED) is 0.840. The molecule has 0 bridgehead atoms. The fourth-order valence-corrected chi connectivity index (χ4v) is 1.50. The molecule has 15 heavy (non-hydrogen) atoms. The van der Waals surface area contributed by atoms with Gasteiger partial charge in [-0.2, -0.15) is 0 Å². The molecule has 0 unspecified atom stereocenters. The third-order valence-corrected chi connectivity index (χ3v) is 2.61. The highest BCUT2D eigenvalue weighted by Crippen LogP contribution is 2.16. The van der Waals surface area contributed by atoms with Gasteiger partial charge in [0.25, 0.3) is 5.91 Å². The number of carbonyl (C=O) groups is 1. The van der Waals surface area contributed by atoms with Crippen LogP contribution in [0.5, 0.6) is 0 Å². The predicted molar refractivity (Wildman–Crippen MR) is 61.3 cm³/mol. The molecule has 0 aromatic heterocycles. The summed E-state index contributed by atoms with van der Waals surface area (Å²) in [5, 5.41) is 2.76. The molecule has 2 nitrogen and oxygen atoms in total. The van der Waals surface area contributed by atoms with Crippen molar-refractivity contribution in [1.29, 1.82) is 0 Å². The highest BCUT2D eigenvalue weighted by molar-refractivity contribution is 9.10. The molecule has 0 heterocycles. The van der Waals surface area contributed by atoms with Gasteiger partial charge in [-0.05, 0) is 40.5 Å². The molecule has 0 aliphatic carbocycles. The van der Waals surface area contributed by atoms with E-state index in [1.807, 2.05) is 0 Å². The first-order valence-electron chi connectivity index (χ1n) is 4.88. The van der Waals surface area contributed by atoms with Gasteiger partial charge in [0.2, 0.25) is 0 Å². The largest absolute Gasteiger partial charge is 0.352 e. The fourth-order valence-electron chi connectivity index (χ4n) is 1.12. The molecule has 0 saturated heterocycles. The molecular weight excluding hydrogens is 261 g/mol. The zero-order valence-corrected chi connectivity index (χ0v) is 10.1. The van der Waals surface area contributed by atoms with E-state index in [1.54, 1.807) is 0 Å². The maximum Gasteiger partial charge on any atom is 0.251 e. The molecule has 0 atom stereocenters. The standard InChI is InChI=1S/C11H13BrFNO/c1-2-3-6-14-11(15)8-4-5-10(13)9(12)7-8/h4-5,7H,2-3,6H2,1H3,(H,14,15). The van der Waals surface area contributed by atoms with Gasteiger partial charge < -0.3 is 5.32 Å². The van der Waals surface area contributed by atoms with Crippen molar-refractivity contribution >= 4 is 21.8 Å². The molecule has 1 aromatic carbocycles. The lowest BCUT2D eigenvalue weighted by atomic mass is 10.2. The summed E-state index contributed by atoms with van der Waals surface area (Å²) in [7, 11) is 0. The molecule has 0 spiro atoms. The van der Waals surface area contributed by atoms with Crippen LogP contribution in [0.4, 0.5) is 4.39 Å². The summed E-state index contributed by atoms with van der Waals surface area (Å²) in [4.78, 5) is 11.5. The van der Waals surface area contributed by atoms with Crippen molar-refractivity contribution in [2.24, 2.45) is 0 Å². The van der Waals surface area contributed by atoms with E-state index >= 15 is 0 Å². The number of benzene rings is 1. The van der Waals surface area contributed by atoms with Crippen LogP contribution in [0.3, 0.4) is 0 Å². The second-order valence-corrected chi connectivity index (χ2v) is 4.09. The van der Waals surface area contributed by atoms with E-state index < -0.39 is 0 Å². The van der Waals surface area contributed by atoms with Gasteiger partial charge in [-0.15, -0.1) is 0 Å². The van der Waals surface area contributed by atoms with Crippen molar-refractivity contribution < 1.29 is 9.18 Å². The van der Waals surface area contributed by atoms with E-state index in [0.717, 1.165) is 12.8 Å². The van der Waals surface area contributed by atoms with Crippen LogP contribution < -0.4 is 5.32 Å². The predicted octanol–water partition coefficient (Wildman–Crippen LogP) is 3.12. The highest BCUT2D eigenvalue weighted by Gasteiger charge is 2.07. The van der Waals surface area contributed by atoms with Crippen LogP contribution in [-0.4, -0.2) is 12.5 Å². The zero-order chi connectivity index (χ0) is 11.3. The Kier molecular flexibility index (Phi) is 4.75. The van der Waals surface area contributed by atoms with Crippen molar-refractivity contribution in [2.45, 2.75) is 19.8 Å². The smallest absolute Gasteiger partial charge is 0.251 e. The molecule has 0 fully saturated rings. The maximum atomic E-state index is 12.9. The number of unbranched alkanes of at least 4 members (excludes halogenated alkanes) is 1. The van der Waals surface area contributed by atoms with Gasteiger partial charge in [-0.1, -0.05) is 13.3 Å². The van der Waals surface area contributed by atoms with Crippen LogP contribution >= 0.6 is 15.9 Å². The Morgan fingerprint density at radius 2 is 2.27 bits per heavy atom. The molecule has 4 heteroatoms. The van der Waals surface area contributed by atoms with Gasteiger partial charge in [0.1, 0.15) is 5.82 Å². The van der Waals surface area contributed by atoms with E-state index in [1.165, 1.54) is 18.2 Å². The van der Waals surface area contributed by atoms with Gasteiger partial charge in [-0.3, -0.25) is 4.79 Å². The summed E-state index contributed by atoms with van der Waals surface area (Å²) in [6.45, 7) is 2.71. The number of hydrogen-bond donors (Lipinski definition) is 1. The minimum atomic E-state index is -0.361. The van der Waals surface area contributed by atoms with Crippen LogP contribution in [0, 0.1) is 5.82 Å². The average Bonchev–Trinajstić information content (AvgIpc) is 2.22. The van der Waals surface area contributed by atoms with Crippen LogP contribution in [0.25, 0.3) is 0 Å². The second kappa shape index (κ2) is 5.85. The zero-order valence-electron chi connectivity index (χ0n) is 8.52. The Morgan fingerprint density at radius 3 is 2.87 bits per heavy atom. The molecule has 1 N–H and O–H groups in total. The van der Waals surface area contributed by atoms with E-state index in [-0.39, 0.29) is 11.7 Å². The van der Waals surface area contributed by atoms with Gasteiger partial charge in [0.05, 0.1) is 4.47 Å². The monoisotopic (exact) mass is 273 g/mol. The van der Waals surface area contributed by atoms with Crippen LogP contribution in [0.1, 0.15) is 30.1 Å². The lowest BCUT2D eigenvalue weighted by Crippen LogP contribution is -2.24. The summed E-state index contributed by atoms with van der Waals surface area (Å²) < 4.78 is 13.2. The number of carbonyl (C=O) groups excluding carboxylic acids is 1. The minimum Gasteiger partial charge on any atom is -0.352 e. The van der Waals surface area contributed by atoms with Crippen molar-refractivity contribution in [2.75, 3.05) is 6.54 Å². The summed E-state index contributed by atoms with van der Waals surface area (Å²) in [6, 6.07) is 4.23. The Bertz CT molecular complexity index is 354. The summed E-state index contributed by atoms with van der Waals surface area (Å²) in [5.41, 5.74) is 0.472. The first-order chi connectivity index (χ1) is 7.15. The molecular formula is C11H13BrFNO. The molecule has 1 rings (SSSR count). The van der Waals surface area contributed by atoms with Crippen molar-refractivity contribution in [3.63, 3.8) is 0 Å². The van der Waals surface area contributed by atoms with E-state index in [9.17, 15) is 9.18 Å². The van der Waals surface area contributed by atoms with Crippen LogP contribution in [-0.2, 0) is 0 Å². The molecule has 0 aliphatic rings. The summed E-state index contributed by atoms with van der Waals surface area (Å²) in [6.07, 6.45) is 1.99. The molecule has 1 amide bonds. The SMILES string of the molecule is CCCCNC(=O)c1ccc(F)c(Br)c1. The van der Waals surface area contributed by atoms with Crippen LogP contribution in [0.15, 0.2) is 22.7 Å². The van der Waals surface area contributed by atoms with Crippen molar-refractivity contribution in [1.82, 2.24) is 5.32 Å². The average molecular weight is 274 g/mol. The Labute approximate surface area is 97.0 Å². The first kappa shape index (κ1) is 12.2. The molecule has 82 valence electrons. The Hall–Kier alpha value is -0.900. The minimum absolute atomic E-state index is 0.163. The van der Waals surface area contributed by atoms with E-state index in [2.05, 4.69) is 28.2 Å². The van der Waals surface area contributed by atoms with Gasteiger partial charge in [0, 0.05) is 12.1 Å². The fraction of sp³-hybridized carbons (Fsp3) is 0.364. The highest BCUT2D eigenvalue weighted by atomic mass is 79.9. The van der Waals surface area contributed by atoms with Gasteiger partial charge in [0.15, 0.2) is 0 Å². The molecule has 1 aromatic rings. The number of halogens is 2. The van der Waals surface area contributed by atoms with Crippen molar-refractivity contribution in [3.05, 3.63) is 34.1 Å². The van der Waals surface area contributed by atoms with Gasteiger partial charge >= 0.3 is 0 Å². The molecule has 0 aliphatic heterocycles. The molecule has 0 radical (unpaired) electrons. The second-order valence-electron chi connectivity index (χ2n) is 3.24. The lowest BCUT2D eigenvalue weighted by molar-refractivity contribution is 0.0953. The van der Waals surface area contributed by atoms with E-state index in [0.29, 0.717) is 16.6 Å². The topological polar surface area (TPSA) is 29.1 Å². The maximum absolute atomic E-state index is 12.9. The molecule has 0 saturated carbocycles. The summed E-state index contributed by atoms with van der Waals surface area (Å²) >= 11 is 3.04. The third-order valence-electron chi connectivity index (χ3n) is 2.00. The number of nitrogens with one attached hydrogen (secondary N) is 1. The third kappa shape index (κ3) is 3.63. The lowest BCUT2D eigenvalue weighted by Gasteiger charge is -2.04. The van der Waals surface area contributed by atoms with Crippen molar-refractivity contribution in [3.8, 4) is 0 Å². The Balaban J connectivity index is 2.62. The summed E-state index contributed by atoms with van der Waals surface area (Å²) in [5.74, 6) is -0.524.